The molecule has 0 unspecified atom stereocenters. The van der Waals surface area contributed by atoms with Crippen molar-refractivity contribution in [2.75, 3.05) is 44.8 Å². The number of carbonyl (C=O) groups excluding carboxylic acids is 2. The van der Waals surface area contributed by atoms with Gasteiger partial charge in [-0.3, -0.25) is 9.59 Å². The van der Waals surface area contributed by atoms with Crippen LogP contribution in [0.2, 0.25) is 0 Å². The topological polar surface area (TPSA) is 61.9 Å². The van der Waals surface area contributed by atoms with Crippen LogP contribution >= 0.6 is 0 Å². The third-order valence-electron chi connectivity index (χ3n) is 4.66. The van der Waals surface area contributed by atoms with Gasteiger partial charge in [0.25, 0.3) is 5.91 Å². The molecule has 138 valence electrons. The number of nitrogens with one attached hydrogen (secondary N) is 1. The fourth-order valence-electron chi connectivity index (χ4n) is 3.28. The van der Waals surface area contributed by atoms with Crippen LogP contribution in [0.1, 0.15) is 37.0 Å². The first kappa shape index (κ1) is 19.2. The van der Waals surface area contributed by atoms with E-state index in [9.17, 15) is 9.59 Å². The summed E-state index contributed by atoms with van der Waals surface area (Å²) in [6.07, 6.45) is 1.73. The SMILES string of the molecule is CCN(CC)C(=O)c1ccccc1N1CCC(NC(=O)COC)CC1. The average molecular weight is 347 g/mol. The molecule has 1 N–H and O–H groups in total. The van der Waals surface area contributed by atoms with Crippen molar-refractivity contribution in [3.8, 4) is 0 Å². The lowest BCUT2D eigenvalue weighted by atomic mass is 10.0. The fraction of sp³-hybridized carbons (Fsp3) is 0.579. The van der Waals surface area contributed by atoms with Gasteiger partial charge in [0.05, 0.1) is 5.56 Å². The zero-order valence-electron chi connectivity index (χ0n) is 15.5. The maximum absolute atomic E-state index is 12.8. The fourth-order valence-corrected chi connectivity index (χ4v) is 3.28. The van der Waals surface area contributed by atoms with Gasteiger partial charge in [-0.1, -0.05) is 12.1 Å². The number of ether oxygens (including phenoxy) is 1. The molecule has 0 atom stereocenters. The molecule has 2 rings (SSSR count). The van der Waals surface area contributed by atoms with E-state index in [4.69, 9.17) is 4.74 Å². The number of para-hydroxylation sites is 1. The number of nitrogens with zero attached hydrogens (tertiary/aromatic N) is 2. The Hall–Kier alpha value is -2.08. The van der Waals surface area contributed by atoms with E-state index >= 15 is 0 Å². The zero-order valence-corrected chi connectivity index (χ0v) is 15.5. The number of rotatable bonds is 7. The second-order valence-corrected chi connectivity index (χ2v) is 6.26. The van der Waals surface area contributed by atoms with Crippen LogP contribution in [0.4, 0.5) is 5.69 Å². The average Bonchev–Trinajstić information content (AvgIpc) is 2.63. The highest BCUT2D eigenvalue weighted by atomic mass is 16.5. The molecule has 1 aromatic carbocycles. The van der Waals surface area contributed by atoms with Gasteiger partial charge in [0.2, 0.25) is 5.91 Å². The summed E-state index contributed by atoms with van der Waals surface area (Å²) in [6, 6.07) is 7.98. The molecule has 1 fully saturated rings. The Kier molecular flexibility index (Phi) is 7.25. The smallest absolute Gasteiger partial charge is 0.255 e. The van der Waals surface area contributed by atoms with E-state index in [2.05, 4.69) is 10.2 Å². The molecule has 1 saturated heterocycles. The van der Waals surface area contributed by atoms with Crippen molar-refractivity contribution in [1.82, 2.24) is 10.2 Å². The van der Waals surface area contributed by atoms with Crippen LogP contribution in [0.3, 0.4) is 0 Å². The van der Waals surface area contributed by atoms with Crippen LogP contribution in [0.15, 0.2) is 24.3 Å². The lowest BCUT2D eigenvalue weighted by molar-refractivity contribution is -0.125. The van der Waals surface area contributed by atoms with Crippen molar-refractivity contribution < 1.29 is 14.3 Å². The molecule has 1 aliphatic rings. The summed E-state index contributed by atoms with van der Waals surface area (Å²) in [5, 5.41) is 3.00. The number of anilines is 1. The molecule has 1 heterocycles. The Morgan fingerprint density at radius 3 is 2.44 bits per heavy atom. The van der Waals surface area contributed by atoms with E-state index in [1.54, 1.807) is 0 Å². The lowest BCUT2D eigenvalue weighted by Gasteiger charge is -2.35. The predicted octanol–water partition coefficient (Wildman–Crippen LogP) is 1.90. The van der Waals surface area contributed by atoms with E-state index in [0.717, 1.165) is 37.2 Å². The highest BCUT2D eigenvalue weighted by Crippen LogP contribution is 2.25. The van der Waals surface area contributed by atoms with E-state index in [0.29, 0.717) is 13.1 Å². The van der Waals surface area contributed by atoms with Crippen LogP contribution < -0.4 is 10.2 Å². The first-order chi connectivity index (χ1) is 12.1. The number of methoxy groups -OCH3 is 1. The van der Waals surface area contributed by atoms with E-state index < -0.39 is 0 Å². The van der Waals surface area contributed by atoms with E-state index in [1.165, 1.54) is 7.11 Å². The van der Waals surface area contributed by atoms with Crippen molar-refractivity contribution >= 4 is 17.5 Å². The van der Waals surface area contributed by atoms with Crippen LogP contribution in [-0.4, -0.2) is 62.7 Å². The quantitative estimate of drug-likeness (QED) is 0.818. The molecule has 6 nitrogen and oxygen atoms in total. The Morgan fingerprint density at radius 2 is 1.84 bits per heavy atom. The van der Waals surface area contributed by atoms with Crippen molar-refractivity contribution in [3.05, 3.63) is 29.8 Å². The molecule has 25 heavy (non-hydrogen) atoms. The van der Waals surface area contributed by atoms with Crippen molar-refractivity contribution in [2.24, 2.45) is 0 Å². The van der Waals surface area contributed by atoms with Gasteiger partial charge in [-0.25, -0.2) is 0 Å². The standard InChI is InChI=1S/C19H29N3O3/c1-4-21(5-2)19(24)16-8-6-7-9-17(16)22-12-10-15(11-13-22)20-18(23)14-25-3/h6-9,15H,4-5,10-14H2,1-3H3,(H,20,23). The molecule has 0 aromatic heterocycles. The second kappa shape index (κ2) is 9.42. The van der Waals surface area contributed by atoms with Gasteiger partial charge in [0.15, 0.2) is 0 Å². The monoisotopic (exact) mass is 347 g/mol. The Morgan fingerprint density at radius 1 is 1.20 bits per heavy atom. The minimum Gasteiger partial charge on any atom is -0.375 e. The minimum absolute atomic E-state index is 0.0712. The summed E-state index contributed by atoms with van der Waals surface area (Å²) in [5.41, 5.74) is 1.74. The molecule has 0 aliphatic carbocycles. The summed E-state index contributed by atoms with van der Waals surface area (Å²) in [7, 11) is 1.52. The number of piperidine rings is 1. The highest BCUT2D eigenvalue weighted by molar-refractivity contribution is 5.99. The van der Waals surface area contributed by atoms with Gasteiger partial charge in [0.1, 0.15) is 6.61 Å². The highest BCUT2D eigenvalue weighted by Gasteiger charge is 2.24. The van der Waals surface area contributed by atoms with Gasteiger partial charge < -0.3 is 19.9 Å². The molecule has 1 aliphatic heterocycles. The normalized spacial score (nSPS) is 15.1. The number of hydrogen-bond donors (Lipinski definition) is 1. The first-order valence-electron chi connectivity index (χ1n) is 9.02. The largest absolute Gasteiger partial charge is 0.375 e. The maximum atomic E-state index is 12.8. The predicted molar refractivity (Wildman–Crippen MR) is 98.9 cm³/mol. The summed E-state index contributed by atoms with van der Waals surface area (Å²) < 4.78 is 4.86. The molecule has 6 heteroatoms. The van der Waals surface area contributed by atoms with Crippen molar-refractivity contribution in [3.63, 3.8) is 0 Å². The van der Waals surface area contributed by atoms with Crippen LogP contribution in [0.25, 0.3) is 0 Å². The Labute approximate surface area is 150 Å². The van der Waals surface area contributed by atoms with Gasteiger partial charge in [-0.05, 0) is 38.8 Å². The molecule has 0 spiro atoms. The number of hydrogen-bond acceptors (Lipinski definition) is 4. The van der Waals surface area contributed by atoms with Gasteiger partial charge in [-0.15, -0.1) is 0 Å². The third-order valence-corrected chi connectivity index (χ3v) is 4.66. The third kappa shape index (κ3) is 4.95. The number of benzene rings is 1. The molecule has 2 amide bonds. The van der Waals surface area contributed by atoms with Crippen LogP contribution in [-0.2, 0) is 9.53 Å². The molecular formula is C19H29N3O3. The van der Waals surface area contributed by atoms with Crippen molar-refractivity contribution in [1.29, 1.82) is 0 Å². The van der Waals surface area contributed by atoms with E-state index in [-0.39, 0.29) is 24.5 Å². The lowest BCUT2D eigenvalue weighted by Crippen LogP contribution is -2.46. The Balaban J connectivity index is 2.04. The van der Waals surface area contributed by atoms with Gasteiger partial charge >= 0.3 is 0 Å². The summed E-state index contributed by atoms with van der Waals surface area (Å²) in [4.78, 5) is 28.5. The number of carbonyl (C=O) groups is 2. The van der Waals surface area contributed by atoms with Gasteiger partial charge in [0, 0.05) is 45.0 Å². The molecule has 0 bridgehead atoms. The molecule has 0 radical (unpaired) electrons. The molecular weight excluding hydrogens is 318 g/mol. The Bertz CT molecular complexity index is 579. The van der Waals surface area contributed by atoms with Crippen molar-refractivity contribution in [2.45, 2.75) is 32.7 Å². The summed E-state index contributed by atoms with van der Waals surface area (Å²) >= 11 is 0. The minimum atomic E-state index is -0.0712. The first-order valence-corrected chi connectivity index (χ1v) is 9.02. The maximum Gasteiger partial charge on any atom is 0.255 e. The summed E-state index contributed by atoms with van der Waals surface area (Å²) in [6.45, 7) is 7.15. The van der Waals surface area contributed by atoms with Gasteiger partial charge in [-0.2, -0.15) is 0 Å². The summed E-state index contributed by atoms with van der Waals surface area (Å²) in [5.74, 6) is 0.00850. The molecule has 0 saturated carbocycles. The number of amides is 2. The van der Waals surface area contributed by atoms with Crippen LogP contribution in [0, 0.1) is 0 Å². The van der Waals surface area contributed by atoms with Crippen LogP contribution in [0.5, 0.6) is 0 Å². The van der Waals surface area contributed by atoms with E-state index in [1.807, 2.05) is 43.0 Å². The second-order valence-electron chi connectivity index (χ2n) is 6.26. The molecule has 1 aromatic rings. The zero-order chi connectivity index (χ0) is 18.2.